The molecule has 3 heterocycles. The molecule has 6 heteroatoms. The highest BCUT2D eigenvalue weighted by molar-refractivity contribution is 4.92. The number of hydrogen-bond acceptors (Lipinski definition) is 6. The summed E-state index contributed by atoms with van der Waals surface area (Å²) in [4.78, 5) is 6.85. The smallest absolute Gasteiger partial charge is 0.240 e. The van der Waals surface area contributed by atoms with Crippen molar-refractivity contribution in [2.45, 2.75) is 64.2 Å². The van der Waals surface area contributed by atoms with Crippen molar-refractivity contribution in [1.29, 1.82) is 0 Å². The normalized spacial score (nSPS) is 25.6. The van der Waals surface area contributed by atoms with E-state index in [-0.39, 0.29) is 0 Å². The molecule has 1 aromatic rings. The molecule has 0 spiro atoms. The molecular weight excluding hydrogens is 282 g/mol. The fourth-order valence-electron chi connectivity index (χ4n) is 3.11. The number of rotatable bonds is 7. The van der Waals surface area contributed by atoms with E-state index in [9.17, 15) is 0 Å². The maximum absolute atomic E-state index is 5.78. The fourth-order valence-corrected chi connectivity index (χ4v) is 3.11. The quantitative estimate of drug-likeness (QED) is 0.770. The van der Waals surface area contributed by atoms with Crippen molar-refractivity contribution in [1.82, 2.24) is 15.0 Å². The summed E-state index contributed by atoms with van der Waals surface area (Å²) in [6.07, 6.45) is 5.27. The first-order valence-corrected chi connectivity index (χ1v) is 8.48. The Bertz CT molecular complexity index is 433. The second-order valence-electron chi connectivity index (χ2n) is 6.67. The van der Waals surface area contributed by atoms with Gasteiger partial charge in [-0.05, 0) is 25.7 Å². The fraction of sp³-hybridized carbons (Fsp3) is 0.875. The average molecular weight is 309 g/mol. The Labute approximate surface area is 132 Å². The summed E-state index contributed by atoms with van der Waals surface area (Å²) in [5, 5.41) is 4.06. The summed E-state index contributed by atoms with van der Waals surface area (Å²) in [6, 6.07) is 0. The Hall–Kier alpha value is -0.980. The first-order chi connectivity index (χ1) is 10.7. The van der Waals surface area contributed by atoms with Crippen LogP contribution in [-0.2, 0) is 16.0 Å². The number of nitrogens with zero attached hydrogens (tertiary/aromatic N) is 3. The van der Waals surface area contributed by atoms with Crippen molar-refractivity contribution >= 4 is 0 Å². The Morgan fingerprint density at radius 2 is 1.73 bits per heavy atom. The van der Waals surface area contributed by atoms with Gasteiger partial charge in [-0.25, -0.2) is 0 Å². The highest BCUT2D eigenvalue weighted by Crippen LogP contribution is 2.19. The standard InChI is InChI=1S/C16H27N3O3/c1-12(2)16-17-15(22-18-16)11-19(9-13-5-3-7-20-13)10-14-6-4-8-21-14/h12-14H,3-11H2,1-2H3/t13-,14+. The van der Waals surface area contributed by atoms with E-state index in [2.05, 4.69) is 28.9 Å². The maximum Gasteiger partial charge on any atom is 0.240 e. The average Bonchev–Trinajstić information content (AvgIpc) is 3.19. The van der Waals surface area contributed by atoms with Gasteiger partial charge in [-0.3, -0.25) is 4.90 Å². The van der Waals surface area contributed by atoms with Crippen LogP contribution in [0.1, 0.15) is 57.2 Å². The SMILES string of the molecule is CC(C)c1noc(CN(C[C@H]2CCCO2)C[C@@H]2CCCO2)n1. The second kappa shape index (κ2) is 7.53. The van der Waals surface area contributed by atoms with Crippen LogP contribution in [0.2, 0.25) is 0 Å². The lowest BCUT2D eigenvalue weighted by molar-refractivity contribution is 0.0309. The zero-order chi connectivity index (χ0) is 15.4. The highest BCUT2D eigenvalue weighted by atomic mass is 16.5. The van der Waals surface area contributed by atoms with E-state index in [1.54, 1.807) is 0 Å². The lowest BCUT2D eigenvalue weighted by Crippen LogP contribution is -2.37. The molecule has 2 aliphatic rings. The number of ether oxygens (including phenoxy) is 2. The summed E-state index contributed by atoms with van der Waals surface area (Å²) in [5.41, 5.74) is 0. The minimum atomic E-state index is 0.294. The molecule has 2 fully saturated rings. The van der Waals surface area contributed by atoms with E-state index in [1.807, 2.05) is 0 Å². The van der Waals surface area contributed by atoms with Crippen LogP contribution in [0.3, 0.4) is 0 Å². The molecule has 0 radical (unpaired) electrons. The third kappa shape index (κ3) is 4.27. The van der Waals surface area contributed by atoms with Crippen LogP contribution in [0.15, 0.2) is 4.52 Å². The zero-order valence-electron chi connectivity index (χ0n) is 13.7. The molecule has 2 atom stereocenters. The van der Waals surface area contributed by atoms with E-state index >= 15 is 0 Å². The van der Waals surface area contributed by atoms with Crippen molar-refractivity contribution in [2.75, 3.05) is 26.3 Å². The second-order valence-corrected chi connectivity index (χ2v) is 6.67. The molecule has 0 unspecified atom stereocenters. The van der Waals surface area contributed by atoms with Crippen LogP contribution in [0, 0.1) is 0 Å². The Morgan fingerprint density at radius 1 is 1.09 bits per heavy atom. The summed E-state index contributed by atoms with van der Waals surface area (Å²) in [7, 11) is 0. The molecule has 3 rings (SSSR count). The van der Waals surface area contributed by atoms with Crippen LogP contribution in [0.5, 0.6) is 0 Å². The van der Waals surface area contributed by atoms with Crippen LogP contribution < -0.4 is 0 Å². The minimum Gasteiger partial charge on any atom is -0.377 e. The molecule has 0 aliphatic carbocycles. The van der Waals surface area contributed by atoms with Gasteiger partial charge in [-0.1, -0.05) is 19.0 Å². The van der Waals surface area contributed by atoms with Gasteiger partial charge in [-0.2, -0.15) is 4.98 Å². The molecule has 0 saturated carbocycles. The van der Waals surface area contributed by atoms with Gasteiger partial charge >= 0.3 is 0 Å². The van der Waals surface area contributed by atoms with Crippen molar-refractivity contribution in [2.24, 2.45) is 0 Å². The van der Waals surface area contributed by atoms with Crippen LogP contribution in [-0.4, -0.2) is 53.6 Å². The van der Waals surface area contributed by atoms with Crippen LogP contribution >= 0.6 is 0 Å². The monoisotopic (exact) mass is 309 g/mol. The number of hydrogen-bond donors (Lipinski definition) is 0. The minimum absolute atomic E-state index is 0.294. The molecule has 6 nitrogen and oxygen atoms in total. The van der Waals surface area contributed by atoms with Crippen molar-refractivity contribution in [3.63, 3.8) is 0 Å². The lowest BCUT2D eigenvalue weighted by Gasteiger charge is -2.26. The van der Waals surface area contributed by atoms with E-state index < -0.39 is 0 Å². The van der Waals surface area contributed by atoms with Gasteiger partial charge in [-0.15, -0.1) is 0 Å². The van der Waals surface area contributed by atoms with Crippen molar-refractivity contribution < 1.29 is 14.0 Å². The van der Waals surface area contributed by atoms with Gasteiger partial charge in [0, 0.05) is 32.2 Å². The van der Waals surface area contributed by atoms with Crippen LogP contribution in [0.4, 0.5) is 0 Å². The summed E-state index contributed by atoms with van der Waals surface area (Å²) >= 11 is 0. The predicted molar refractivity (Wildman–Crippen MR) is 81.6 cm³/mol. The third-order valence-electron chi connectivity index (χ3n) is 4.33. The molecule has 0 amide bonds. The molecule has 124 valence electrons. The van der Waals surface area contributed by atoms with Crippen molar-refractivity contribution in [3.05, 3.63) is 11.7 Å². The molecule has 2 aliphatic heterocycles. The molecule has 22 heavy (non-hydrogen) atoms. The predicted octanol–water partition coefficient (Wildman–Crippen LogP) is 2.35. The lowest BCUT2D eigenvalue weighted by atomic mass is 10.2. The van der Waals surface area contributed by atoms with E-state index in [1.165, 1.54) is 0 Å². The molecule has 2 saturated heterocycles. The summed E-state index contributed by atoms with van der Waals surface area (Å²) in [6.45, 7) is 8.43. The molecule has 0 N–H and O–H groups in total. The third-order valence-corrected chi connectivity index (χ3v) is 4.33. The summed E-state index contributed by atoms with van der Waals surface area (Å²) < 4.78 is 17.0. The van der Waals surface area contributed by atoms with E-state index in [0.29, 0.717) is 30.6 Å². The maximum atomic E-state index is 5.78. The van der Waals surface area contributed by atoms with Gasteiger partial charge in [0.1, 0.15) is 0 Å². The molecule has 0 aromatic carbocycles. The van der Waals surface area contributed by atoms with Gasteiger partial charge in [0.2, 0.25) is 5.89 Å². The Kier molecular flexibility index (Phi) is 5.44. The summed E-state index contributed by atoms with van der Waals surface area (Å²) in [5.74, 6) is 1.77. The Balaban J connectivity index is 1.60. The van der Waals surface area contributed by atoms with E-state index in [4.69, 9.17) is 14.0 Å². The molecule has 0 bridgehead atoms. The first-order valence-electron chi connectivity index (χ1n) is 8.48. The topological polar surface area (TPSA) is 60.6 Å². The zero-order valence-corrected chi connectivity index (χ0v) is 13.7. The van der Waals surface area contributed by atoms with Gasteiger partial charge in [0.05, 0.1) is 18.8 Å². The van der Waals surface area contributed by atoms with Gasteiger partial charge in [0.25, 0.3) is 0 Å². The molecular formula is C16H27N3O3. The first kappa shape index (κ1) is 15.9. The van der Waals surface area contributed by atoms with Gasteiger partial charge in [0.15, 0.2) is 5.82 Å². The van der Waals surface area contributed by atoms with Crippen molar-refractivity contribution in [3.8, 4) is 0 Å². The van der Waals surface area contributed by atoms with E-state index in [0.717, 1.165) is 57.8 Å². The highest BCUT2D eigenvalue weighted by Gasteiger charge is 2.25. The Morgan fingerprint density at radius 3 is 2.18 bits per heavy atom. The largest absolute Gasteiger partial charge is 0.377 e. The van der Waals surface area contributed by atoms with Gasteiger partial charge < -0.3 is 14.0 Å². The number of aromatic nitrogens is 2. The van der Waals surface area contributed by atoms with Crippen LogP contribution in [0.25, 0.3) is 0 Å². The molecule has 1 aromatic heterocycles.